The van der Waals surface area contributed by atoms with Crippen molar-refractivity contribution in [2.75, 3.05) is 5.33 Å². The third kappa shape index (κ3) is 2.92. The molecule has 0 radical (unpaired) electrons. The lowest BCUT2D eigenvalue weighted by molar-refractivity contribution is 0.412. The molecule has 17 heavy (non-hydrogen) atoms. The van der Waals surface area contributed by atoms with Gasteiger partial charge in [-0.05, 0) is 18.1 Å². The number of alkyl halides is 2. The van der Waals surface area contributed by atoms with E-state index in [1.165, 1.54) is 0 Å². The normalized spacial score (nSPS) is 12.6. The predicted octanol–water partition coefficient (Wildman–Crippen LogP) is 4.75. The molecule has 0 saturated heterocycles. The van der Waals surface area contributed by atoms with Crippen LogP contribution >= 0.6 is 43.5 Å². The van der Waals surface area contributed by atoms with Gasteiger partial charge >= 0.3 is 0 Å². The minimum Gasteiger partial charge on any atom is -0.364 e. The highest BCUT2D eigenvalue weighted by Crippen LogP contribution is 2.35. The molecule has 5 heteroatoms. The first-order valence-corrected chi connectivity index (χ1v) is 7.53. The molecule has 0 aliphatic rings. The molecule has 90 valence electrons. The van der Waals surface area contributed by atoms with E-state index in [2.05, 4.69) is 37.0 Å². The van der Waals surface area contributed by atoms with Crippen molar-refractivity contribution in [3.8, 4) is 0 Å². The molecule has 0 aliphatic carbocycles. The van der Waals surface area contributed by atoms with E-state index in [0.29, 0.717) is 0 Å². The van der Waals surface area contributed by atoms with Gasteiger partial charge < -0.3 is 4.52 Å². The van der Waals surface area contributed by atoms with Gasteiger partial charge in [0.15, 0.2) is 0 Å². The van der Waals surface area contributed by atoms with Gasteiger partial charge in [0.2, 0.25) is 0 Å². The molecule has 2 rings (SSSR count). The standard InChI is InChI=1S/C12H10Br2ClNO/c13-6-5-8-7-17-16-12(8)11(14)9-3-1-2-4-10(9)15/h1-4,7,11H,5-6H2. The quantitative estimate of drug-likeness (QED) is 0.717. The number of benzene rings is 1. The topological polar surface area (TPSA) is 26.0 Å². The number of rotatable bonds is 4. The summed E-state index contributed by atoms with van der Waals surface area (Å²) >= 11 is 13.2. The number of aryl methyl sites for hydroxylation is 1. The molecule has 0 N–H and O–H groups in total. The summed E-state index contributed by atoms with van der Waals surface area (Å²) < 4.78 is 5.04. The highest BCUT2D eigenvalue weighted by atomic mass is 79.9. The summed E-state index contributed by atoms with van der Waals surface area (Å²) in [4.78, 5) is -0.0380. The Bertz CT molecular complexity index is 501. The number of hydrogen-bond acceptors (Lipinski definition) is 2. The zero-order valence-corrected chi connectivity index (χ0v) is 12.8. The Labute approximate surface area is 122 Å². The van der Waals surface area contributed by atoms with Gasteiger partial charge in [0.25, 0.3) is 0 Å². The van der Waals surface area contributed by atoms with Crippen molar-refractivity contribution >= 4 is 43.5 Å². The van der Waals surface area contributed by atoms with Gasteiger partial charge in [0.05, 0.1) is 4.83 Å². The van der Waals surface area contributed by atoms with Crippen LogP contribution in [-0.4, -0.2) is 10.5 Å². The second kappa shape index (κ2) is 6.03. The van der Waals surface area contributed by atoms with E-state index in [-0.39, 0.29) is 4.83 Å². The second-order valence-electron chi connectivity index (χ2n) is 3.55. The van der Waals surface area contributed by atoms with Crippen LogP contribution in [0.4, 0.5) is 0 Å². The van der Waals surface area contributed by atoms with Crippen molar-refractivity contribution in [1.29, 1.82) is 0 Å². The minimum absolute atomic E-state index is 0.0380. The molecule has 0 amide bonds. The van der Waals surface area contributed by atoms with E-state index in [1.807, 2.05) is 24.3 Å². The van der Waals surface area contributed by atoms with Crippen molar-refractivity contribution in [1.82, 2.24) is 5.16 Å². The van der Waals surface area contributed by atoms with Gasteiger partial charge in [-0.2, -0.15) is 0 Å². The Morgan fingerprint density at radius 3 is 2.82 bits per heavy atom. The van der Waals surface area contributed by atoms with E-state index in [1.54, 1.807) is 6.26 Å². The Morgan fingerprint density at radius 1 is 1.35 bits per heavy atom. The Morgan fingerprint density at radius 2 is 2.12 bits per heavy atom. The largest absolute Gasteiger partial charge is 0.364 e. The lowest BCUT2D eigenvalue weighted by atomic mass is 10.1. The number of hydrogen-bond donors (Lipinski definition) is 0. The van der Waals surface area contributed by atoms with E-state index >= 15 is 0 Å². The molecular weight excluding hydrogens is 369 g/mol. The highest BCUT2D eigenvalue weighted by Gasteiger charge is 2.20. The highest BCUT2D eigenvalue weighted by molar-refractivity contribution is 9.09. The van der Waals surface area contributed by atoms with Gasteiger partial charge in [-0.25, -0.2) is 0 Å². The first-order chi connectivity index (χ1) is 8.24. The molecule has 1 unspecified atom stereocenters. The molecule has 2 nitrogen and oxygen atoms in total. The maximum atomic E-state index is 6.17. The third-order valence-electron chi connectivity index (χ3n) is 2.46. The number of aromatic nitrogens is 1. The van der Waals surface area contributed by atoms with Crippen molar-refractivity contribution in [3.05, 3.63) is 52.4 Å². The Hall–Kier alpha value is -0.320. The molecule has 1 atom stereocenters. The summed E-state index contributed by atoms with van der Waals surface area (Å²) in [6.07, 6.45) is 2.56. The van der Waals surface area contributed by atoms with Gasteiger partial charge in [-0.15, -0.1) is 0 Å². The maximum Gasteiger partial charge on any atom is 0.127 e. The van der Waals surface area contributed by atoms with Gasteiger partial charge in [-0.3, -0.25) is 0 Å². The van der Waals surface area contributed by atoms with Gasteiger partial charge in [0.1, 0.15) is 12.0 Å². The van der Waals surface area contributed by atoms with Gasteiger partial charge in [0, 0.05) is 15.9 Å². The van der Waals surface area contributed by atoms with Gasteiger partial charge in [-0.1, -0.05) is 66.8 Å². The van der Waals surface area contributed by atoms with E-state index in [4.69, 9.17) is 16.1 Å². The molecular formula is C12H10Br2ClNO. The summed E-state index contributed by atoms with van der Waals surface area (Å²) in [6, 6.07) is 7.72. The fourth-order valence-corrected chi connectivity index (χ4v) is 3.17. The number of nitrogens with zero attached hydrogens (tertiary/aromatic N) is 1. The molecule has 1 aromatic heterocycles. The van der Waals surface area contributed by atoms with Crippen LogP contribution in [0.2, 0.25) is 5.02 Å². The predicted molar refractivity (Wildman–Crippen MR) is 76.2 cm³/mol. The average molecular weight is 379 g/mol. The fraction of sp³-hybridized carbons (Fsp3) is 0.250. The van der Waals surface area contributed by atoms with Crippen molar-refractivity contribution in [3.63, 3.8) is 0 Å². The second-order valence-corrected chi connectivity index (χ2v) is 5.66. The monoisotopic (exact) mass is 377 g/mol. The lowest BCUT2D eigenvalue weighted by Gasteiger charge is -2.10. The molecule has 1 aromatic carbocycles. The van der Waals surface area contributed by atoms with Crippen LogP contribution in [0.1, 0.15) is 21.6 Å². The minimum atomic E-state index is -0.0380. The molecule has 0 fully saturated rings. The summed E-state index contributed by atoms with van der Waals surface area (Å²) in [5, 5.41) is 5.65. The van der Waals surface area contributed by atoms with Crippen molar-refractivity contribution in [2.45, 2.75) is 11.2 Å². The van der Waals surface area contributed by atoms with Crippen LogP contribution in [0, 0.1) is 0 Å². The van der Waals surface area contributed by atoms with Crippen LogP contribution in [-0.2, 0) is 6.42 Å². The van der Waals surface area contributed by atoms with Crippen LogP contribution in [0.25, 0.3) is 0 Å². The van der Waals surface area contributed by atoms with E-state index in [0.717, 1.165) is 33.6 Å². The summed E-state index contributed by atoms with van der Waals surface area (Å²) in [6.45, 7) is 0. The molecule has 0 saturated carbocycles. The van der Waals surface area contributed by atoms with Crippen LogP contribution < -0.4 is 0 Å². The van der Waals surface area contributed by atoms with Crippen LogP contribution in [0.5, 0.6) is 0 Å². The summed E-state index contributed by atoms with van der Waals surface area (Å²) in [5.41, 5.74) is 2.97. The van der Waals surface area contributed by atoms with Crippen molar-refractivity contribution in [2.24, 2.45) is 0 Å². The van der Waals surface area contributed by atoms with E-state index < -0.39 is 0 Å². The average Bonchev–Trinajstić information content (AvgIpc) is 2.78. The molecule has 1 heterocycles. The number of halogens is 3. The van der Waals surface area contributed by atoms with Crippen LogP contribution in [0.15, 0.2) is 35.1 Å². The lowest BCUT2D eigenvalue weighted by Crippen LogP contribution is -1.99. The Balaban J connectivity index is 2.34. The van der Waals surface area contributed by atoms with Crippen LogP contribution in [0.3, 0.4) is 0 Å². The summed E-state index contributed by atoms with van der Waals surface area (Å²) in [5.74, 6) is 0. The fourth-order valence-electron chi connectivity index (χ4n) is 1.59. The summed E-state index contributed by atoms with van der Waals surface area (Å²) in [7, 11) is 0. The van der Waals surface area contributed by atoms with Crippen molar-refractivity contribution < 1.29 is 4.52 Å². The first-order valence-electron chi connectivity index (χ1n) is 5.11. The smallest absolute Gasteiger partial charge is 0.127 e. The zero-order valence-electron chi connectivity index (χ0n) is 8.87. The Kier molecular flexibility index (Phi) is 4.65. The molecule has 0 aliphatic heterocycles. The molecule has 0 bridgehead atoms. The molecule has 0 spiro atoms. The zero-order chi connectivity index (χ0) is 12.3. The molecule has 2 aromatic rings. The van der Waals surface area contributed by atoms with E-state index in [9.17, 15) is 0 Å². The SMILES string of the molecule is Clc1ccccc1C(Br)c1nocc1CCBr. The maximum absolute atomic E-state index is 6.17. The third-order valence-corrected chi connectivity index (χ3v) is 4.12. The first kappa shape index (κ1) is 13.1.